The van der Waals surface area contributed by atoms with E-state index in [1.54, 1.807) is 23.1 Å². The summed E-state index contributed by atoms with van der Waals surface area (Å²) in [5.41, 5.74) is 8.24. The van der Waals surface area contributed by atoms with Crippen LogP contribution in [0.5, 0.6) is 0 Å². The Morgan fingerprint density at radius 2 is 2.05 bits per heavy atom. The van der Waals surface area contributed by atoms with E-state index in [1.807, 2.05) is 18.2 Å². The van der Waals surface area contributed by atoms with Crippen molar-refractivity contribution >= 4 is 27.8 Å². The number of piperidine rings is 1. The van der Waals surface area contributed by atoms with E-state index in [1.165, 1.54) is 6.20 Å². The van der Waals surface area contributed by atoms with Crippen LogP contribution in [0, 0.1) is 52.6 Å². The molecule has 1 saturated heterocycles. The Bertz CT molecular complexity index is 2090. The van der Waals surface area contributed by atoms with Gasteiger partial charge < -0.3 is 16.0 Å². The smallest absolute Gasteiger partial charge is 0.251 e. The Kier molecular flexibility index (Phi) is 7.85. The number of primary amides is 1. The third-order valence-corrected chi connectivity index (χ3v) is 7.75. The van der Waals surface area contributed by atoms with Gasteiger partial charge in [-0.2, -0.15) is 5.10 Å². The van der Waals surface area contributed by atoms with Gasteiger partial charge in [0.1, 0.15) is 17.3 Å². The van der Waals surface area contributed by atoms with Crippen LogP contribution in [-0.2, 0) is 0 Å². The first-order chi connectivity index (χ1) is 21.3. The molecule has 218 valence electrons. The lowest BCUT2D eigenvalue weighted by Gasteiger charge is -2.28. The third-order valence-electron chi connectivity index (χ3n) is 7.75. The molecule has 9 heteroatoms. The fourth-order valence-corrected chi connectivity index (χ4v) is 5.39. The van der Waals surface area contributed by atoms with E-state index >= 15 is 4.39 Å². The van der Waals surface area contributed by atoms with Crippen molar-refractivity contribution in [3.8, 4) is 35.5 Å². The second kappa shape index (κ2) is 12.1. The first-order valence-electron chi connectivity index (χ1n) is 14.2. The second-order valence-corrected chi connectivity index (χ2v) is 11.1. The van der Waals surface area contributed by atoms with Gasteiger partial charge in [-0.25, -0.2) is 13.8 Å². The minimum atomic E-state index is -0.729. The van der Waals surface area contributed by atoms with E-state index in [2.05, 4.69) is 57.7 Å². The maximum absolute atomic E-state index is 15.0. The van der Waals surface area contributed by atoms with Crippen molar-refractivity contribution in [1.29, 1.82) is 0 Å². The fourth-order valence-electron chi connectivity index (χ4n) is 5.39. The van der Waals surface area contributed by atoms with E-state index < -0.39 is 23.6 Å². The number of rotatable bonds is 4. The summed E-state index contributed by atoms with van der Waals surface area (Å²) < 4.78 is 30.9. The summed E-state index contributed by atoms with van der Waals surface area (Å²) >= 11 is 0. The molecule has 0 spiro atoms. The van der Waals surface area contributed by atoms with Crippen molar-refractivity contribution in [2.24, 2.45) is 11.1 Å². The molecule has 3 aromatic heterocycles. The third kappa shape index (κ3) is 6.03. The molecule has 0 bridgehead atoms. The summed E-state index contributed by atoms with van der Waals surface area (Å²) in [6, 6.07) is 10.1. The average Bonchev–Trinajstić information content (AvgIpc) is 3.67. The average molecular weight is 587 g/mol. The largest absolute Gasteiger partial charge is 0.366 e. The summed E-state index contributed by atoms with van der Waals surface area (Å²) in [7, 11) is 0. The summed E-state index contributed by atoms with van der Waals surface area (Å²) in [5.74, 6) is 16.3. The Hall–Kier alpha value is -5.43. The van der Waals surface area contributed by atoms with Gasteiger partial charge in [0, 0.05) is 58.9 Å². The molecule has 2 unspecified atom stereocenters. The molecule has 1 amide bonds. The van der Waals surface area contributed by atoms with Crippen LogP contribution in [0.15, 0.2) is 61.1 Å². The second-order valence-electron chi connectivity index (χ2n) is 11.1. The van der Waals surface area contributed by atoms with Gasteiger partial charge in [-0.15, -0.1) is 0 Å². The topological polar surface area (TPSA) is 102 Å². The zero-order valence-corrected chi connectivity index (χ0v) is 24.0. The van der Waals surface area contributed by atoms with E-state index in [4.69, 9.17) is 10.8 Å². The maximum Gasteiger partial charge on any atom is 0.251 e. The lowest BCUT2D eigenvalue weighted by molar-refractivity contribution is 0.1000. The minimum Gasteiger partial charge on any atom is -0.366 e. The monoisotopic (exact) mass is 586 g/mol. The number of fused-ring (bicyclic) bond motifs is 2. The quantitative estimate of drug-likeness (QED) is 0.256. The number of amides is 1. The molecule has 0 aliphatic carbocycles. The van der Waals surface area contributed by atoms with Gasteiger partial charge in [-0.05, 0) is 80.6 Å². The first-order valence-corrected chi connectivity index (χ1v) is 14.2. The Morgan fingerprint density at radius 3 is 2.86 bits per heavy atom. The van der Waals surface area contributed by atoms with Crippen LogP contribution in [0.2, 0.25) is 0 Å². The molecule has 2 atom stereocenters. The van der Waals surface area contributed by atoms with Gasteiger partial charge in [0.2, 0.25) is 0 Å². The highest BCUT2D eigenvalue weighted by Gasteiger charge is 2.24. The molecule has 1 fully saturated rings. The number of halogens is 2. The Balaban J connectivity index is 1.32. The number of carbonyl (C=O) groups excluding carboxylic acids is 1. The fraction of sp³-hybridized carbons (Fsp3) is 0.229. The van der Waals surface area contributed by atoms with Crippen molar-refractivity contribution < 1.29 is 13.6 Å². The van der Waals surface area contributed by atoms with Gasteiger partial charge in [-0.3, -0.25) is 9.48 Å². The van der Waals surface area contributed by atoms with Crippen molar-refractivity contribution in [3.63, 3.8) is 0 Å². The van der Waals surface area contributed by atoms with E-state index in [9.17, 15) is 9.18 Å². The molecule has 7 nitrogen and oxygen atoms in total. The van der Waals surface area contributed by atoms with Gasteiger partial charge in [0.05, 0.1) is 22.7 Å². The van der Waals surface area contributed by atoms with Crippen LogP contribution in [0.3, 0.4) is 0 Å². The van der Waals surface area contributed by atoms with Crippen molar-refractivity contribution in [2.45, 2.75) is 32.2 Å². The number of benzene rings is 2. The lowest BCUT2D eigenvalue weighted by atomic mass is 9.83. The van der Waals surface area contributed by atoms with Crippen LogP contribution in [0.1, 0.15) is 59.3 Å². The number of nitrogens with zero attached hydrogens (tertiary/aromatic N) is 3. The molecule has 0 saturated carbocycles. The molecular weight excluding hydrogens is 558 g/mol. The molecule has 5 aromatic rings. The molecule has 2 aromatic carbocycles. The van der Waals surface area contributed by atoms with Crippen LogP contribution >= 0.6 is 0 Å². The number of H-pyrrole nitrogens is 1. The van der Waals surface area contributed by atoms with Crippen LogP contribution in [-0.4, -0.2) is 38.7 Å². The number of nitrogens with two attached hydrogens (primary N) is 1. The van der Waals surface area contributed by atoms with Crippen LogP contribution < -0.4 is 11.1 Å². The van der Waals surface area contributed by atoms with Gasteiger partial charge in [0.25, 0.3) is 5.91 Å². The highest BCUT2D eigenvalue weighted by molar-refractivity contribution is 6.00. The first kappa shape index (κ1) is 28.7. The van der Waals surface area contributed by atoms with Crippen molar-refractivity contribution in [2.75, 3.05) is 13.1 Å². The molecule has 6 rings (SSSR count). The molecule has 1 aliphatic heterocycles. The molecule has 0 radical (unpaired) electrons. The summed E-state index contributed by atoms with van der Waals surface area (Å²) in [6.45, 7) is 4.04. The zero-order chi connectivity index (χ0) is 30.7. The number of aromatic amines is 1. The minimum absolute atomic E-state index is 0.0828. The summed E-state index contributed by atoms with van der Waals surface area (Å²) in [5, 5.41) is 9.61. The molecule has 44 heavy (non-hydrogen) atoms. The van der Waals surface area contributed by atoms with Gasteiger partial charge >= 0.3 is 0 Å². The number of pyridine rings is 1. The number of hydrogen-bond acceptors (Lipinski definition) is 4. The molecule has 4 heterocycles. The predicted octanol–water partition coefficient (Wildman–Crippen LogP) is 5.07. The normalized spacial score (nSPS) is 16.7. The number of aromatic nitrogens is 4. The predicted molar refractivity (Wildman–Crippen MR) is 165 cm³/mol. The standard InChI is InChI=1S/C35H28F2N6O/c1-35(14-5-16-39-22-35)15-12-23-8-9-24-21-43(42-31(24)18-23)32(28-19-25(36)10-11-30(28)37)7-4-2-3-6-26-27-13-17-40-34(27)41-20-29(26)33(38)44/h8-11,13,17-21,32,39H,5,7,14,16,22H2,1H3,(H2,38,44)(H,40,41). The lowest BCUT2D eigenvalue weighted by Crippen LogP contribution is -2.36. The molecule has 1 aliphatic rings. The van der Waals surface area contributed by atoms with Crippen LogP contribution in [0.25, 0.3) is 21.9 Å². The number of hydrogen-bond donors (Lipinski definition) is 3. The SMILES string of the molecule is CC1(C#Cc2ccc3cn(C(CC#CC#Cc4c(C(N)=O)cnc5[nH]ccc45)c4cc(F)ccc4F)nc3c2)CCCNC1. The Labute approximate surface area is 253 Å². The zero-order valence-electron chi connectivity index (χ0n) is 24.0. The molecule has 4 N–H and O–H groups in total. The van der Waals surface area contributed by atoms with Gasteiger partial charge in [-0.1, -0.05) is 23.7 Å². The number of nitrogens with one attached hydrogen (secondary N) is 2. The van der Waals surface area contributed by atoms with E-state index in [0.29, 0.717) is 22.1 Å². The van der Waals surface area contributed by atoms with E-state index in [0.717, 1.165) is 55.1 Å². The highest BCUT2D eigenvalue weighted by atomic mass is 19.1. The molecular formula is C35H28F2N6O. The summed E-state index contributed by atoms with van der Waals surface area (Å²) in [4.78, 5) is 19.1. The highest BCUT2D eigenvalue weighted by Crippen LogP contribution is 2.28. The Morgan fingerprint density at radius 1 is 1.16 bits per heavy atom. The van der Waals surface area contributed by atoms with Crippen molar-refractivity contribution in [1.82, 2.24) is 25.1 Å². The number of carbonyl (C=O) groups is 1. The van der Waals surface area contributed by atoms with E-state index in [-0.39, 0.29) is 23.0 Å². The maximum atomic E-state index is 15.0. The van der Waals surface area contributed by atoms with Gasteiger partial charge in [0.15, 0.2) is 0 Å². The van der Waals surface area contributed by atoms with Crippen LogP contribution in [0.4, 0.5) is 8.78 Å². The van der Waals surface area contributed by atoms with Crippen molar-refractivity contribution in [3.05, 3.63) is 94.9 Å². The summed E-state index contributed by atoms with van der Waals surface area (Å²) in [6.07, 6.45) is 7.08.